The third kappa shape index (κ3) is 9.78. The third-order valence-corrected chi connectivity index (χ3v) is 7.07. The van der Waals surface area contributed by atoms with Crippen LogP contribution < -0.4 is 16.0 Å². The van der Waals surface area contributed by atoms with E-state index in [0.717, 1.165) is 11.1 Å². The van der Waals surface area contributed by atoms with Gasteiger partial charge in [-0.2, -0.15) is 0 Å². The van der Waals surface area contributed by atoms with E-state index >= 15 is 0 Å². The van der Waals surface area contributed by atoms with E-state index < -0.39 is 59.0 Å². The van der Waals surface area contributed by atoms with E-state index in [4.69, 9.17) is 9.47 Å². The number of benzene rings is 1. The van der Waals surface area contributed by atoms with Crippen molar-refractivity contribution >= 4 is 29.8 Å². The lowest BCUT2D eigenvalue weighted by Gasteiger charge is -2.32. The van der Waals surface area contributed by atoms with E-state index in [1.54, 1.807) is 45.3 Å². The molecular formula is C32H43N5O7. The number of hydrogen-bond acceptors (Lipinski definition) is 8. The fourth-order valence-corrected chi connectivity index (χ4v) is 4.88. The van der Waals surface area contributed by atoms with Gasteiger partial charge in [-0.1, -0.05) is 36.4 Å². The first-order valence-corrected chi connectivity index (χ1v) is 14.6. The van der Waals surface area contributed by atoms with Crippen molar-refractivity contribution in [2.24, 2.45) is 0 Å². The molecular weight excluding hydrogens is 566 g/mol. The first-order valence-electron chi connectivity index (χ1n) is 14.6. The maximum Gasteiger partial charge on any atom is 0.408 e. The average molecular weight is 610 g/mol. The van der Waals surface area contributed by atoms with Gasteiger partial charge in [0, 0.05) is 31.8 Å². The average Bonchev–Trinajstić information content (AvgIpc) is 3.46. The lowest BCUT2D eigenvalue weighted by molar-refractivity contribution is -0.146. The SMILES string of the molecule is COC(=O)[C@@H](Cc1ccccc1)NC(=O)C(C)(C)NC(=O)[C@H]1CCCN1C(=O)[C@H](Cc1cccnc1)NC(=O)OC(C)(C)C. The summed E-state index contributed by atoms with van der Waals surface area (Å²) in [6, 6.07) is 9.84. The second-order valence-corrected chi connectivity index (χ2v) is 12.3. The van der Waals surface area contributed by atoms with Gasteiger partial charge in [0.2, 0.25) is 17.7 Å². The number of methoxy groups -OCH3 is 1. The second-order valence-electron chi connectivity index (χ2n) is 12.3. The van der Waals surface area contributed by atoms with Gasteiger partial charge in [-0.05, 0) is 64.7 Å². The Morgan fingerprint density at radius 1 is 0.932 bits per heavy atom. The van der Waals surface area contributed by atoms with E-state index in [0.29, 0.717) is 19.4 Å². The molecule has 0 unspecified atom stereocenters. The summed E-state index contributed by atoms with van der Waals surface area (Å²) in [6.07, 6.45) is 3.73. The van der Waals surface area contributed by atoms with Crippen molar-refractivity contribution in [2.75, 3.05) is 13.7 Å². The highest BCUT2D eigenvalue weighted by molar-refractivity contribution is 5.96. The molecule has 1 aliphatic heterocycles. The van der Waals surface area contributed by atoms with Crippen LogP contribution in [0.4, 0.5) is 4.79 Å². The molecule has 0 aliphatic carbocycles. The minimum atomic E-state index is -1.43. The molecule has 0 bridgehead atoms. The number of nitrogens with one attached hydrogen (secondary N) is 3. The Kier molecular flexibility index (Phi) is 11.4. The molecule has 12 heteroatoms. The molecule has 1 aromatic heterocycles. The van der Waals surface area contributed by atoms with Gasteiger partial charge in [-0.15, -0.1) is 0 Å². The lowest BCUT2D eigenvalue weighted by atomic mass is 10.00. The van der Waals surface area contributed by atoms with E-state index in [2.05, 4.69) is 20.9 Å². The highest BCUT2D eigenvalue weighted by Crippen LogP contribution is 2.21. The van der Waals surface area contributed by atoms with Crippen LogP contribution in [0, 0.1) is 0 Å². The van der Waals surface area contributed by atoms with Crippen molar-refractivity contribution < 1.29 is 33.4 Å². The van der Waals surface area contributed by atoms with Gasteiger partial charge in [-0.25, -0.2) is 9.59 Å². The van der Waals surface area contributed by atoms with Crippen LogP contribution in [-0.4, -0.2) is 82.6 Å². The van der Waals surface area contributed by atoms with Crippen LogP contribution in [-0.2, 0) is 41.5 Å². The molecule has 1 fully saturated rings. The molecule has 3 rings (SSSR count). The number of aromatic nitrogens is 1. The van der Waals surface area contributed by atoms with E-state index in [1.165, 1.54) is 25.9 Å². The van der Waals surface area contributed by atoms with E-state index in [-0.39, 0.29) is 12.8 Å². The standard InChI is InChI=1S/C32H43N5O7/c1-31(2,3)44-30(42)35-23(19-22-14-10-16-33-20-22)27(39)37-17-11-15-25(37)26(38)36-32(4,5)29(41)34-24(28(40)43-6)18-21-12-8-7-9-13-21/h7-10,12-14,16,20,23-25H,11,15,17-19H2,1-6H3,(H,34,41)(H,35,42)(H,36,38)/t23-,24+,25+/m0/s1. The molecule has 0 spiro atoms. The van der Waals surface area contributed by atoms with Crippen molar-refractivity contribution in [3.05, 3.63) is 66.0 Å². The van der Waals surface area contributed by atoms with Crippen LogP contribution in [0.15, 0.2) is 54.9 Å². The second kappa shape index (κ2) is 14.8. The number of ether oxygens (including phenoxy) is 2. The molecule has 1 aliphatic rings. The van der Waals surface area contributed by atoms with Crippen molar-refractivity contribution in [3.63, 3.8) is 0 Å². The smallest absolute Gasteiger partial charge is 0.408 e. The molecule has 238 valence electrons. The van der Waals surface area contributed by atoms with Gasteiger partial charge in [0.15, 0.2) is 0 Å². The van der Waals surface area contributed by atoms with Gasteiger partial charge in [0.05, 0.1) is 7.11 Å². The van der Waals surface area contributed by atoms with Crippen LogP contribution in [0.1, 0.15) is 58.6 Å². The number of nitrogens with zero attached hydrogens (tertiary/aromatic N) is 2. The van der Waals surface area contributed by atoms with Crippen LogP contribution in [0.5, 0.6) is 0 Å². The summed E-state index contributed by atoms with van der Waals surface area (Å²) >= 11 is 0. The Balaban J connectivity index is 1.72. The van der Waals surface area contributed by atoms with Gasteiger partial charge < -0.3 is 30.3 Å². The highest BCUT2D eigenvalue weighted by atomic mass is 16.6. The summed E-state index contributed by atoms with van der Waals surface area (Å²) in [5.74, 6) is -2.18. The van der Waals surface area contributed by atoms with Crippen molar-refractivity contribution in [1.82, 2.24) is 25.8 Å². The Morgan fingerprint density at radius 3 is 2.20 bits per heavy atom. The summed E-state index contributed by atoms with van der Waals surface area (Å²) in [5, 5.41) is 8.11. The molecule has 0 radical (unpaired) electrons. The molecule has 3 N–H and O–H groups in total. The largest absolute Gasteiger partial charge is 0.467 e. The molecule has 1 aromatic carbocycles. The maximum atomic E-state index is 13.8. The van der Waals surface area contributed by atoms with Crippen molar-refractivity contribution in [1.29, 1.82) is 0 Å². The number of hydrogen-bond donors (Lipinski definition) is 3. The van der Waals surface area contributed by atoms with E-state index in [9.17, 15) is 24.0 Å². The lowest BCUT2D eigenvalue weighted by Crippen LogP contribution is -2.61. The fourth-order valence-electron chi connectivity index (χ4n) is 4.88. The van der Waals surface area contributed by atoms with E-state index in [1.807, 2.05) is 30.3 Å². The van der Waals surface area contributed by atoms with Gasteiger partial charge in [-0.3, -0.25) is 19.4 Å². The summed E-state index contributed by atoms with van der Waals surface area (Å²) in [7, 11) is 1.24. The minimum absolute atomic E-state index is 0.140. The molecule has 1 saturated heterocycles. The predicted octanol–water partition coefficient (Wildman–Crippen LogP) is 2.30. The third-order valence-electron chi connectivity index (χ3n) is 7.07. The number of pyridine rings is 1. The molecule has 4 amide bonds. The fraction of sp³-hybridized carbons (Fsp3) is 0.500. The van der Waals surface area contributed by atoms with Crippen LogP contribution in [0.25, 0.3) is 0 Å². The zero-order valence-corrected chi connectivity index (χ0v) is 26.2. The summed E-state index contributed by atoms with van der Waals surface area (Å²) in [6.45, 7) is 8.50. The van der Waals surface area contributed by atoms with Crippen LogP contribution >= 0.6 is 0 Å². The first kappa shape index (κ1) is 34.0. The number of alkyl carbamates (subject to hydrolysis) is 1. The zero-order valence-electron chi connectivity index (χ0n) is 26.2. The number of esters is 1. The van der Waals surface area contributed by atoms with Crippen LogP contribution in [0.2, 0.25) is 0 Å². The van der Waals surface area contributed by atoms with Crippen molar-refractivity contribution in [2.45, 2.75) is 89.6 Å². The number of carbonyl (C=O) groups is 5. The van der Waals surface area contributed by atoms with Crippen molar-refractivity contribution in [3.8, 4) is 0 Å². The van der Waals surface area contributed by atoms with Crippen LogP contribution in [0.3, 0.4) is 0 Å². The van der Waals surface area contributed by atoms with Gasteiger partial charge >= 0.3 is 12.1 Å². The maximum absolute atomic E-state index is 13.8. The molecule has 44 heavy (non-hydrogen) atoms. The van der Waals surface area contributed by atoms with Gasteiger partial charge in [0.25, 0.3) is 0 Å². The first-order chi connectivity index (χ1) is 20.7. The summed E-state index contributed by atoms with van der Waals surface area (Å²) < 4.78 is 10.3. The minimum Gasteiger partial charge on any atom is -0.467 e. The number of rotatable bonds is 11. The Morgan fingerprint density at radius 2 is 1.59 bits per heavy atom. The monoisotopic (exact) mass is 609 g/mol. The highest BCUT2D eigenvalue weighted by Gasteiger charge is 2.41. The Labute approximate surface area is 258 Å². The predicted molar refractivity (Wildman–Crippen MR) is 162 cm³/mol. The molecule has 0 saturated carbocycles. The summed E-state index contributed by atoms with van der Waals surface area (Å²) in [4.78, 5) is 71.3. The molecule has 3 atom stereocenters. The molecule has 2 heterocycles. The number of amides is 4. The molecule has 12 nitrogen and oxygen atoms in total. The molecule has 2 aromatic rings. The quantitative estimate of drug-likeness (QED) is 0.328. The topological polar surface area (TPSA) is 156 Å². The normalized spacial score (nSPS) is 16.3. The van der Waals surface area contributed by atoms with Gasteiger partial charge in [0.1, 0.15) is 29.3 Å². The Bertz CT molecular complexity index is 1310. The number of carbonyl (C=O) groups excluding carboxylic acids is 5. The summed E-state index contributed by atoms with van der Waals surface area (Å²) in [5.41, 5.74) is -0.662. The number of likely N-dealkylation sites (tertiary alicyclic amines) is 1. The zero-order chi connectivity index (χ0) is 32.5. The Hall–Kier alpha value is -4.48.